The Balaban J connectivity index is 2.21. The van der Waals surface area contributed by atoms with Crippen molar-refractivity contribution in [3.05, 3.63) is 58.9 Å². The van der Waals surface area contributed by atoms with Crippen molar-refractivity contribution in [2.45, 2.75) is 13.3 Å². The van der Waals surface area contributed by atoms with Crippen LogP contribution in [0.3, 0.4) is 0 Å². The molecule has 3 rings (SSSR count). The molecule has 0 spiro atoms. The molecule has 0 fully saturated rings. The van der Waals surface area contributed by atoms with Crippen LogP contribution < -0.4 is 0 Å². The molecule has 2 heterocycles. The van der Waals surface area contributed by atoms with E-state index in [9.17, 15) is 4.79 Å². The van der Waals surface area contributed by atoms with Crippen molar-refractivity contribution in [3.8, 4) is 11.3 Å². The van der Waals surface area contributed by atoms with Gasteiger partial charge in [-0.15, -0.1) is 0 Å². The highest BCUT2D eigenvalue weighted by Crippen LogP contribution is 2.25. The highest BCUT2D eigenvalue weighted by atomic mass is 35.5. The summed E-state index contributed by atoms with van der Waals surface area (Å²) in [6.07, 6.45) is 3.51. The van der Waals surface area contributed by atoms with Gasteiger partial charge in [0.2, 0.25) is 0 Å². The highest BCUT2D eigenvalue weighted by Gasteiger charge is 2.13. The Labute approximate surface area is 121 Å². The predicted molar refractivity (Wildman–Crippen MR) is 80.4 cm³/mol. The van der Waals surface area contributed by atoms with Crippen molar-refractivity contribution in [3.63, 3.8) is 0 Å². The number of hydrogen-bond donors (Lipinski definition) is 0. The maximum absolute atomic E-state index is 11.4. The van der Waals surface area contributed by atoms with Crippen molar-refractivity contribution in [2.75, 3.05) is 0 Å². The quantitative estimate of drug-likeness (QED) is 0.681. The van der Waals surface area contributed by atoms with Crippen LogP contribution in [0, 0.1) is 0 Å². The molecule has 0 atom stereocenters. The summed E-state index contributed by atoms with van der Waals surface area (Å²) in [7, 11) is 0. The van der Waals surface area contributed by atoms with E-state index in [4.69, 9.17) is 11.6 Å². The van der Waals surface area contributed by atoms with Crippen LogP contribution in [0.5, 0.6) is 0 Å². The standard InChI is InChI=1S/C16H13ClN2O/c1-2-11-3-5-12(6-4-11)16-14(10-20)19-9-13(17)7-8-15(19)18-16/h3-10H,2H2,1H3. The Morgan fingerprint density at radius 1 is 1.20 bits per heavy atom. The molecule has 0 aliphatic rings. The summed E-state index contributed by atoms with van der Waals surface area (Å²) in [4.78, 5) is 15.9. The normalized spacial score (nSPS) is 10.9. The van der Waals surface area contributed by atoms with Crippen molar-refractivity contribution < 1.29 is 4.79 Å². The third-order valence-corrected chi connectivity index (χ3v) is 3.59. The molecule has 2 aromatic heterocycles. The molecule has 0 unspecified atom stereocenters. The Morgan fingerprint density at radius 2 is 1.95 bits per heavy atom. The van der Waals surface area contributed by atoms with Crippen LogP contribution in [0.25, 0.3) is 16.9 Å². The van der Waals surface area contributed by atoms with Crippen LogP contribution in [0.15, 0.2) is 42.6 Å². The number of fused-ring (bicyclic) bond motifs is 1. The lowest BCUT2D eigenvalue weighted by molar-refractivity contribution is 0.111. The summed E-state index contributed by atoms with van der Waals surface area (Å²) in [6.45, 7) is 2.11. The van der Waals surface area contributed by atoms with Crippen LogP contribution in [0.1, 0.15) is 23.0 Å². The van der Waals surface area contributed by atoms with Gasteiger partial charge in [0.25, 0.3) is 0 Å². The van der Waals surface area contributed by atoms with Gasteiger partial charge in [-0.25, -0.2) is 4.98 Å². The number of halogens is 1. The average molecular weight is 285 g/mol. The van der Waals surface area contributed by atoms with Gasteiger partial charge < -0.3 is 0 Å². The molecule has 0 saturated carbocycles. The van der Waals surface area contributed by atoms with Crippen LogP contribution in [0.4, 0.5) is 0 Å². The Morgan fingerprint density at radius 3 is 2.60 bits per heavy atom. The molecule has 100 valence electrons. The SMILES string of the molecule is CCc1ccc(-c2nc3ccc(Cl)cn3c2C=O)cc1. The minimum absolute atomic E-state index is 0.520. The van der Waals surface area contributed by atoms with Crippen LogP contribution >= 0.6 is 11.6 Å². The smallest absolute Gasteiger partial charge is 0.169 e. The molecule has 0 aliphatic carbocycles. The largest absolute Gasteiger partial charge is 0.296 e. The number of carbonyl (C=O) groups excluding carboxylic acids is 1. The van der Waals surface area contributed by atoms with E-state index in [0.29, 0.717) is 22.1 Å². The van der Waals surface area contributed by atoms with Gasteiger partial charge in [-0.05, 0) is 24.1 Å². The van der Waals surface area contributed by atoms with Gasteiger partial charge in [-0.3, -0.25) is 9.20 Å². The molecule has 20 heavy (non-hydrogen) atoms. The molecule has 0 radical (unpaired) electrons. The van der Waals surface area contributed by atoms with Gasteiger partial charge in [-0.2, -0.15) is 0 Å². The zero-order chi connectivity index (χ0) is 14.1. The number of aromatic nitrogens is 2. The Hall–Kier alpha value is -2.13. The first-order chi connectivity index (χ1) is 9.72. The molecule has 0 saturated heterocycles. The molecule has 4 heteroatoms. The van der Waals surface area contributed by atoms with Crippen molar-refractivity contribution >= 4 is 23.5 Å². The molecule has 0 N–H and O–H groups in total. The minimum Gasteiger partial charge on any atom is -0.296 e. The third kappa shape index (κ3) is 2.10. The second kappa shape index (κ2) is 5.10. The zero-order valence-corrected chi connectivity index (χ0v) is 11.8. The Kier molecular flexibility index (Phi) is 3.28. The predicted octanol–water partition coefficient (Wildman–Crippen LogP) is 4.03. The lowest BCUT2D eigenvalue weighted by Crippen LogP contribution is -1.92. The van der Waals surface area contributed by atoms with Gasteiger partial charge in [0, 0.05) is 11.8 Å². The zero-order valence-electron chi connectivity index (χ0n) is 11.0. The van der Waals surface area contributed by atoms with E-state index in [0.717, 1.165) is 18.3 Å². The van der Waals surface area contributed by atoms with Crippen LogP contribution in [-0.2, 0) is 6.42 Å². The molecule has 0 amide bonds. The van der Waals surface area contributed by atoms with Crippen LogP contribution in [0.2, 0.25) is 5.02 Å². The Bertz CT molecular complexity index is 775. The number of benzene rings is 1. The fourth-order valence-corrected chi connectivity index (χ4v) is 2.42. The molecular weight excluding hydrogens is 272 g/mol. The van der Waals surface area contributed by atoms with Crippen LogP contribution in [-0.4, -0.2) is 15.7 Å². The number of pyridine rings is 1. The lowest BCUT2D eigenvalue weighted by Gasteiger charge is -2.01. The molecular formula is C16H13ClN2O. The second-order valence-corrected chi connectivity index (χ2v) is 5.03. The molecule has 0 aliphatic heterocycles. The van der Waals surface area contributed by atoms with Crippen molar-refractivity contribution in [2.24, 2.45) is 0 Å². The van der Waals surface area contributed by atoms with E-state index in [-0.39, 0.29) is 0 Å². The first-order valence-corrected chi connectivity index (χ1v) is 6.83. The van der Waals surface area contributed by atoms with Gasteiger partial charge >= 0.3 is 0 Å². The number of hydrogen-bond acceptors (Lipinski definition) is 2. The van der Waals surface area contributed by atoms with E-state index >= 15 is 0 Å². The number of carbonyl (C=O) groups is 1. The highest BCUT2D eigenvalue weighted by molar-refractivity contribution is 6.30. The van der Waals surface area contributed by atoms with E-state index in [1.165, 1.54) is 5.56 Å². The number of aryl methyl sites for hydroxylation is 1. The maximum atomic E-state index is 11.4. The van der Waals surface area contributed by atoms with Gasteiger partial charge in [0.15, 0.2) is 6.29 Å². The fourth-order valence-electron chi connectivity index (χ4n) is 2.26. The third-order valence-electron chi connectivity index (χ3n) is 3.37. The first-order valence-electron chi connectivity index (χ1n) is 6.45. The van der Waals surface area contributed by atoms with E-state index in [1.54, 1.807) is 22.7 Å². The number of aldehydes is 1. The van der Waals surface area contributed by atoms with Gasteiger partial charge in [0.05, 0.1) is 5.02 Å². The topological polar surface area (TPSA) is 34.4 Å². The summed E-state index contributed by atoms with van der Waals surface area (Å²) in [6, 6.07) is 11.7. The number of imidazole rings is 1. The van der Waals surface area contributed by atoms with E-state index < -0.39 is 0 Å². The summed E-state index contributed by atoms with van der Waals surface area (Å²) in [5, 5.41) is 0.575. The lowest BCUT2D eigenvalue weighted by atomic mass is 10.1. The molecule has 3 aromatic rings. The summed E-state index contributed by atoms with van der Waals surface area (Å²) in [5.74, 6) is 0. The summed E-state index contributed by atoms with van der Waals surface area (Å²) >= 11 is 5.98. The maximum Gasteiger partial charge on any atom is 0.169 e. The minimum atomic E-state index is 0.520. The van der Waals surface area contributed by atoms with Gasteiger partial charge in [-0.1, -0.05) is 42.8 Å². The number of rotatable bonds is 3. The summed E-state index contributed by atoms with van der Waals surface area (Å²) < 4.78 is 1.72. The average Bonchev–Trinajstić information content (AvgIpc) is 2.85. The summed E-state index contributed by atoms with van der Waals surface area (Å²) in [5.41, 5.74) is 4.11. The molecule has 1 aromatic carbocycles. The monoisotopic (exact) mass is 284 g/mol. The molecule has 0 bridgehead atoms. The first kappa shape index (κ1) is 12.9. The second-order valence-electron chi connectivity index (χ2n) is 4.59. The van der Waals surface area contributed by atoms with Gasteiger partial charge in [0.1, 0.15) is 17.0 Å². The van der Waals surface area contributed by atoms with Crippen molar-refractivity contribution in [1.29, 1.82) is 0 Å². The van der Waals surface area contributed by atoms with E-state index in [1.807, 2.05) is 12.1 Å². The van der Waals surface area contributed by atoms with Crippen molar-refractivity contribution in [1.82, 2.24) is 9.38 Å². The number of nitrogens with zero attached hydrogens (tertiary/aromatic N) is 2. The van der Waals surface area contributed by atoms with E-state index in [2.05, 4.69) is 24.0 Å². The fraction of sp³-hybridized carbons (Fsp3) is 0.125. The molecule has 3 nitrogen and oxygen atoms in total.